The molecule has 0 aliphatic rings. The Hall–Kier alpha value is -0.110. The van der Waals surface area contributed by atoms with Crippen molar-refractivity contribution in [1.29, 1.82) is 0 Å². The molecule has 3 N–H and O–H groups in total. The Bertz CT molecular complexity index is 282. The molecule has 15 heavy (non-hydrogen) atoms. The van der Waals surface area contributed by atoms with E-state index in [2.05, 4.69) is 0 Å². The normalized spacial score (nSPS) is 15.9. The van der Waals surface area contributed by atoms with Crippen LogP contribution in [0.15, 0.2) is 9.40 Å². The van der Waals surface area contributed by atoms with Gasteiger partial charge < -0.3 is 10.8 Å². The fourth-order valence-electron chi connectivity index (χ4n) is 0.409. The van der Waals surface area contributed by atoms with E-state index in [4.69, 9.17) is 34.0 Å². The van der Waals surface area contributed by atoms with Gasteiger partial charge in [0.15, 0.2) is 0 Å². The Morgan fingerprint density at radius 1 is 1.47 bits per heavy atom. The van der Waals surface area contributed by atoms with Crippen molar-refractivity contribution in [2.24, 2.45) is 5.73 Å². The van der Waals surface area contributed by atoms with Crippen molar-refractivity contribution < 1.29 is 23.1 Å². The molecule has 0 rings (SSSR count). The highest BCUT2D eigenvalue weighted by Gasteiger charge is 2.35. The fourth-order valence-corrected chi connectivity index (χ4v) is 1.58. The average molecular weight is 284 g/mol. The minimum atomic E-state index is -4.74. The third-order valence-corrected chi connectivity index (χ3v) is 3.24. The monoisotopic (exact) mass is 283 g/mol. The highest BCUT2D eigenvalue weighted by Crippen LogP contribution is 2.37. The predicted molar refractivity (Wildman–Crippen MR) is 52.9 cm³/mol. The minimum absolute atomic E-state index is 0.291. The van der Waals surface area contributed by atoms with Crippen molar-refractivity contribution in [2.45, 2.75) is 12.2 Å². The Balaban J connectivity index is 4.37. The quantitative estimate of drug-likeness (QED) is 0.831. The molecule has 0 amide bonds. The molecule has 0 aromatic carbocycles. The van der Waals surface area contributed by atoms with E-state index < -0.39 is 27.6 Å². The van der Waals surface area contributed by atoms with E-state index in [9.17, 15) is 18.0 Å². The van der Waals surface area contributed by atoms with E-state index in [0.29, 0.717) is 11.8 Å². The molecule has 0 radical (unpaired) electrons. The molecule has 88 valence electrons. The van der Waals surface area contributed by atoms with Crippen molar-refractivity contribution in [2.75, 3.05) is 5.75 Å². The predicted octanol–water partition coefficient (Wildman–Crippen LogP) is 2.34. The molecule has 0 fully saturated rings. The number of aliphatic carboxylic acids is 1. The Morgan fingerprint density at radius 3 is 2.27 bits per heavy atom. The number of alkyl halides is 3. The van der Waals surface area contributed by atoms with Crippen LogP contribution in [0, 0.1) is 0 Å². The van der Waals surface area contributed by atoms with Gasteiger partial charge in [0.1, 0.15) is 11.1 Å². The van der Waals surface area contributed by atoms with Gasteiger partial charge in [0.25, 0.3) is 0 Å². The fraction of sp³-hybridized carbons (Fsp3) is 0.500. The summed E-state index contributed by atoms with van der Waals surface area (Å²) in [5.41, 5.74) is 5.05. The number of thioether (sulfide) groups is 1. The van der Waals surface area contributed by atoms with Gasteiger partial charge in [-0.25, -0.2) is 0 Å². The first-order valence-electron chi connectivity index (χ1n) is 3.40. The summed E-state index contributed by atoms with van der Waals surface area (Å²) >= 11 is 10.5. The maximum atomic E-state index is 11.9. The third-order valence-electron chi connectivity index (χ3n) is 1.13. The summed E-state index contributed by atoms with van der Waals surface area (Å²) < 4.78 is 35.1. The number of hydrogen-bond acceptors (Lipinski definition) is 3. The van der Waals surface area contributed by atoms with Gasteiger partial charge in [-0.2, -0.15) is 13.2 Å². The van der Waals surface area contributed by atoms with Crippen molar-refractivity contribution >= 4 is 40.9 Å². The van der Waals surface area contributed by atoms with Crippen LogP contribution >= 0.6 is 35.0 Å². The molecular weight excluding hydrogens is 278 g/mol. The molecule has 3 nitrogen and oxygen atoms in total. The largest absolute Gasteiger partial charge is 0.480 e. The van der Waals surface area contributed by atoms with Crippen molar-refractivity contribution in [3.63, 3.8) is 0 Å². The molecule has 0 aliphatic heterocycles. The van der Waals surface area contributed by atoms with E-state index in [1.165, 1.54) is 0 Å². The number of carboxylic acids is 1. The van der Waals surface area contributed by atoms with E-state index >= 15 is 0 Å². The molecule has 0 saturated carbocycles. The summed E-state index contributed by atoms with van der Waals surface area (Å²) in [5.74, 6) is -1.62. The van der Waals surface area contributed by atoms with Gasteiger partial charge in [0.2, 0.25) is 0 Å². The number of nitrogens with two attached hydrogens (primary N) is 1. The van der Waals surface area contributed by atoms with E-state index in [1.807, 2.05) is 0 Å². The van der Waals surface area contributed by atoms with Crippen LogP contribution < -0.4 is 5.73 Å². The van der Waals surface area contributed by atoms with Crippen LogP contribution in [0.5, 0.6) is 0 Å². The van der Waals surface area contributed by atoms with Gasteiger partial charge >= 0.3 is 12.1 Å². The van der Waals surface area contributed by atoms with Crippen LogP contribution in [0.1, 0.15) is 0 Å². The van der Waals surface area contributed by atoms with E-state index in [0.717, 1.165) is 0 Å². The first kappa shape index (κ1) is 14.9. The maximum absolute atomic E-state index is 11.9. The number of carbonyl (C=O) groups is 1. The molecule has 0 saturated heterocycles. The van der Waals surface area contributed by atoms with Crippen molar-refractivity contribution in [3.8, 4) is 0 Å². The SMILES string of the molecule is N[C@@H](CSC(Cl)=C(Cl)C(F)(F)F)C(=O)O. The first-order chi connectivity index (χ1) is 6.66. The van der Waals surface area contributed by atoms with Crippen LogP contribution in [0.2, 0.25) is 0 Å². The maximum Gasteiger partial charge on any atom is 0.428 e. The topological polar surface area (TPSA) is 63.3 Å². The summed E-state index contributed by atoms with van der Waals surface area (Å²) in [6.45, 7) is 0. The highest BCUT2D eigenvalue weighted by atomic mass is 35.5. The number of halogens is 5. The lowest BCUT2D eigenvalue weighted by molar-refractivity contribution is -0.137. The zero-order valence-electron chi connectivity index (χ0n) is 7.02. The lowest BCUT2D eigenvalue weighted by atomic mass is 10.4. The Kier molecular flexibility index (Phi) is 5.79. The smallest absolute Gasteiger partial charge is 0.428 e. The van der Waals surface area contributed by atoms with Crippen molar-refractivity contribution in [1.82, 2.24) is 0 Å². The minimum Gasteiger partial charge on any atom is -0.480 e. The Labute approximate surface area is 97.4 Å². The molecular formula is C6H6Cl2F3NO2S. The molecule has 0 unspecified atom stereocenters. The van der Waals surface area contributed by atoms with Crippen LogP contribution in [0.4, 0.5) is 13.2 Å². The van der Waals surface area contributed by atoms with Gasteiger partial charge in [-0.3, -0.25) is 4.79 Å². The number of allylic oxidation sites excluding steroid dienone is 1. The highest BCUT2D eigenvalue weighted by molar-refractivity contribution is 8.04. The summed E-state index contributed by atoms with van der Waals surface area (Å²) in [6, 6.07) is -1.29. The summed E-state index contributed by atoms with van der Waals surface area (Å²) in [5, 5.41) is 6.86. The first-order valence-corrected chi connectivity index (χ1v) is 5.14. The van der Waals surface area contributed by atoms with Gasteiger partial charge in [-0.05, 0) is 0 Å². The van der Waals surface area contributed by atoms with Crippen LogP contribution in [-0.2, 0) is 4.79 Å². The molecule has 1 atom stereocenters. The second kappa shape index (κ2) is 5.83. The van der Waals surface area contributed by atoms with Gasteiger partial charge in [-0.1, -0.05) is 23.2 Å². The molecule has 0 aliphatic carbocycles. The van der Waals surface area contributed by atoms with Crippen molar-refractivity contribution in [3.05, 3.63) is 9.40 Å². The molecule has 0 aromatic heterocycles. The van der Waals surface area contributed by atoms with Crippen LogP contribution in [0.3, 0.4) is 0 Å². The average Bonchev–Trinajstić information content (AvgIpc) is 2.10. The molecule has 0 spiro atoms. The van der Waals surface area contributed by atoms with Crippen LogP contribution in [-0.4, -0.2) is 29.0 Å². The second-order valence-corrected chi connectivity index (χ2v) is 4.35. The molecule has 0 aromatic rings. The summed E-state index contributed by atoms with van der Waals surface area (Å²) in [6.07, 6.45) is -4.74. The summed E-state index contributed by atoms with van der Waals surface area (Å²) in [7, 11) is 0. The zero-order valence-corrected chi connectivity index (χ0v) is 9.34. The molecule has 0 bridgehead atoms. The summed E-state index contributed by atoms with van der Waals surface area (Å²) in [4.78, 5) is 10.2. The van der Waals surface area contributed by atoms with Gasteiger partial charge in [0, 0.05) is 5.75 Å². The lowest BCUT2D eigenvalue weighted by Crippen LogP contribution is -2.32. The van der Waals surface area contributed by atoms with Crippen LogP contribution in [0.25, 0.3) is 0 Å². The number of carboxylic acid groups (broad SMARTS) is 1. The standard InChI is InChI=1S/C6H6Cl2F3NO2S/c7-3(6(9,10)11)4(8)15-1-2(12)5(13)14/h2H,1,12H2,(H,13,14)/t2-/m0/s1. The third kappa shape index (κ3) is 5.50. The van der Waals surface area contributed by atoms with E-state index in [1.54, 1.807) is 0 Å². The second-order valence-electron chi connectivity index (χ2n) is 2.34. The molecule has 0 heterocycles. The number of rotatable bonds is 4. The van der Waals surface area contributed by atoms with Gasteiger partial charge in [-0.15, -0.1) is 11.8 Å². The zero-order chi connectivity index (χ0) is 12.2. The van der Waals surface area contributed by atoms with E-state index in [-0.39, 0.29) is 5.75 Å². The number of hydrogen-bond donors (Lipinski definition) is 2. The van der Waals surface area contributed by atoms with Gasteiger partial charge in [0.05, 0.1) is 4.36 Å². The Morgan fingerprint density at radius 2 is 1.93 bits per heavy atom. The lowest BCUT2D eigenvalue weighted by Gasteiger charge is -2.08. The molecule has 9 heteroatoms.